The summed E-state index contributed by atoms with van der Waals surface area (Å²) in [7, 11) is 0. The van der Waals surface area contributed by atoms with E-state index in [-0.39, 0.29) is 12.2 Å². The number of morpholine rings is 1. The van der Waals surface area contributed by atoms with Crippen LogP contribution in [-0.2, 0) is 14.3 Å². The Bertz CT molecular complexity index is 274. The Morgan fingerprint density at radius 3 is 2.53 bits per heavy atom. The van der Waals surface area contributed by atoms with E-state index < -0.39 is 12.1 Å². The Balaban J connectivity index is 1.94. The van der Waals surface area contributed by atoms with E-state index in [4.69, 9.17) is 14.6 Å². The standard InChI is InChI=1S/C12H21NO4/c1-8-5-10(6-9(2)17-8)13-3-4-16-11(7-13)12(14)15/h8-11H,3-7H2,1-2H3,(H,14,15). The number of carbonyl (C=O) groups is 1. The number of ether oxygens (including phenoxy) is 2. The van der Waals surface area contributed by atoms with E-state index in [0.717, 1.165) is 19.4 Å². The second kappa shape index (κ2) is 5.33. The van der Waals surface area contributed by atoms with E-state index in [1.54, 1.807) is 0 Å². The molecule has 0 aromatic heterocycles. The molecule has 0 spiro atoms. The quantitative estimate of drug-likeness (QED) is 0.774. The molecule has 2 fully saturated rings. The van der Waals surface area contributed by atoms with E-state index in [0.29, 0.717) is 19.2 Å². The Morgan fingerprint density at radius 1 is 1.29 bits per heavy atom. The third-order valence-electron chi connectivity index (χ3n) is 3.56. The first-order valence-corrected chi connectivity index (χ1v) is 6.30. The van der Waals surface area contributed by atoms with Gasteiger partial charge in [0.05, 0.1) is 18.8 Å². The van der Waals surface area contributed by atoms with Gasteiger partial charge in [-0.2, -0.15) is 0 Å². The highest BCUT2D eigenvalue weighted by Crippen LogP contribution is 2.25. The SMILES string of the molecule is CC1CC(N2CCOC(C(=O)O)C2)CC(C)O1. The molecule has 0 bridgehead atoms. The molecule has 2 aliphatic rings. The maximum absolute atomic E-state index is 10.9. The van der Waals surface area contributed by atoms with Crippen LogP contribution in [0, 0.1) is 0 Å². The van der Waals surface area contributed by atoms with Gasteiger partial charge < -0.3 is 14.6 Å². The summed E-state index contributed by atoms with van der Waals surface area (Å²) >= 11 is 0. The lowest BCUT2D eigenvalue weighted by Crippen LogP contribution is -2.53. The van der Waals surface area contributed by atoms with Gasteiger partial charge in [-0.15, -0.1) is 0 Å². The van der Waals surface area contributed by atoms with Crippen LogP contribution in [0.3, 0.4) is 0 Å². The summed E-state index contributed by atoms with van der Waals surface area (Å²) in [4.78, 5) is 13.2. The fraction of sp³-hybridized carbons (Fsp3) is 0.917. The van der Waals surface area contributed by atoms with Crippen molar-refractivity contribution < 1.29 is 19.4 Å². The fourth-order valence-electron chi connectivity index (χ4n) is 2.82. The predicted octanol–water partition coefficient (Wildman–Crippen LogP) is 0.728. The zero-order valence-corrected chi connectivity index (χ0v) is 10.5. The molecule has 2 aliphatic heterocycles. The minimum atomic E-state index is -0.858. The fourth-order valence-corrected chi connectivity index (χ4v) is 2.82. The number of carboxylic acid groups (broad SMARTS) is 1. The monoisotopic (exact) mass is 243 g/mol. The van der Waals surface area contributed by atoms with Crippen molar-refractivity contribution in [2.45, 2.75) is 51.0 Å². The molecule has 98 valence electrons. The molecule has 3 unspecified atom stereocenters. The first-order chi connectivity index (χ1) is 8.06. The van der Waals surface area contributed by atoms with Gasteiger partial charge >= 0.3 is 5.97 Å². The van der Waals surface area contributed by atoms with Crippen LogP contribution < -0.4 is 0 Å². The van der Waals surface area contributed by atoms with Crippen molar-refractivity contribution in [3.05, 3.63) is 0 Å². The molecule has 0 aromatic rings. The van der Waals surface area contributed by atoms with Gasteiger partial charge in [-0.05, 0) is 26.7 Å². The second-order valence-corrected chi connectivity index (χ2v) is 5.08. The van der Waals surface area contributed by atoms with Gasteiger partial charge in [-0.3, -0.25) is 4.90 Å². The zero-order chi connectivity index (χ0) is 12.4. The molecule has 0 saturated carbocycles. The van der Waals surface area contributed by atoms with Crippen molar-refractivity contribution in [3.8, 4) is 0 Å². The molecule has 0 radical (unpaired) electrons. The van der Waals surface area contributed by atoms with Crippen molar-refractivity contribution in [1.82, 2.24) is 4.90 Å². The molecule has 5 nitrogen and oxygen atoms in total. The summed E-state index contributed by atoms with van der Waals surface area (Å²) in [5.74, 6) is -0.858. The molecule has 0 aromatic carbocycles. The lowest BCUT2D eigenvalue weighted by molar-refractivity contribution is -0.159. The van der Waals surface area contributed by atoms with Crippen LogP contribution in [0.1, 0.15) is 26.7 Å². The molecule has 0 aliphatic carbocycles. The molecule has 3 atom stereocenters. The van der Waals surface area contributed by atoms with Crippen LogP contribution >= 0.6 is 0 Å². The van der Waals surface area contributed by atoms with Crippen LogP contribution in [0.5, 0.6) is 0 Å². The first kappa shape index (κ1) is 12.8. The lowest BCUT2D eigenvalue weighted by atomic mass is 9.97. The number of aliphatic carboxylic acids is 1. The van der Waals surface area contributed by atoms with E-state index >= 15 is 0 Å². The van der Waals surface area contributed by atoms with E-state index in [2.05, 4.69) is 18.7 Å². The Hall–Kier alpha value is -0.650. The number of carboxylic acids is 1. The van der Waals surface area contributed by atoms with Crippen molar-refractivity contribution in [1.29, 1.82) is 0 Å². The largest absolute Gasteiger partial charge is 0.479 e. The van der Waals surface area contributed by atoms with Gasteiger partial charge in [-0.1, -0.05) is 0 Å². The summed E-state index contributed by atoms with van der Waals surface area (Å²) in [6.07, 6.45) is 1.81. The minimum Gasteiger partial charge on any atom is -0.479 e. The highest BCUT2D eigenvalue weighted by atomic mass is 16.5. The summed E-state index contributed by atoms with van der Waals surface area (Å²) in [5.41, 5.74) is 0. The normalized spacial score (nSPS) is 40.1. The highest BCUT2D eigenvalue weighted by Gasteiger charge is 2.34. The molecule has 2 rings (SSSR count). The Labute approximate surface area is 102 Å². The van der Waals surface area contributed by atoms with Crippen LogP contribution in [-0.4, -0.2) is 60.0 Å². The number of hydrogen-bond acceptors (Lipinski definition) is 4. The van der Waals surface area contributed by atoms with Crippen LogP contribution in [0.15, 0.2) is 0 Å². The number of nitrogens with zero attached hydrogens (tertiary/aromatic N) is 1. The highest BCUT2D eigenvalue weighted by molar-refractivity contribution is 5.72. The second-order valence-electron chi connectivity index (χ2n) is 5.08. The van der Waals surface area contributed by atoms with Crippen LogP contribution in [0.25, 0.3) is 0 Å². The third kappa shape index (κ3) is 3.18. The van der Waals surface area contributed by atoms with Gasteiger partial charge in [0.1, 0.15) is 0 Å². The summed E-state index contributed by atoms with van der Waals surface area (Å²) in [5, 5.41) is 8.98. The average Bonchev–Trinajstić information content (AvgIpc) is 2.28. The van der Waals surface area contributed by atoms with Gasteiger partial charge in [0.25, 0.3) is 0 Å². The maximum Gasteiger partial charge on any atom is 0.334 e. The molecule has 17 heavy (non-hydrogen) atoms. The molecule has 2 heterocycles. The molecular weight excluding hydrogens is 222 g/mol. The van der Waals surface area contributed by atoms with Gasteiger partial charge in [0.2, 0.25) is 0 Å². The van der Waals surface area contributed by atoms with Gasteiger partial charge in [-0.25, -0.2) is 4.79 Å². The Kier molecular flexibility index (Phi) is 4.01. The molecule has 2 saturated heterocycles. The topological polar surface area (TPSA) is 59.0 Å². The van der Waals surface area contributed by atoms with E-state index in [9.17, 15) is 4.79 Å². The Morgan fingerprint density at radius 2 is 1.94 bits per heavy atom. The van der Waals surface area contributed by atoms with Crippen LogP contribution in [0.4, 0.5) is 0 Å². The maximum atomic E-state index is 10.9. The molecule has 1 N–H and O–H groups in total. The first-order valence-electron chi connectivity index (χ1n) is 6.30. The summed E-state index contributed by atoms with van der Waals surface area (Å²) in [6.45, 7) is 6.00. The third-order valence-corrected chi connectivity index (χ3v) is 3.56. The zero-order valence-electron chi connectivity index (χ0n) is 10.5. The number of rotatable bonds is 2. The van der Waals surface area contributed by atoms with Crippen molar-refractivity contribution >= 4 is 5.97 Å². The summed E-state index contributed by atoms with van der Waals surface area (Å²) in [6, 6.07) is 0.430. The smallest absolute Gasteiger partial charge is 0.334 e. The molecule has 5 heteroatoms. The van der Waals surface area contributed by atoms with E-state index in [1.807, 2.05) is 0 Å². The van der Waals surface area contributed by atoms with Gasteiger partial charge in [0, 0.05) is 19.1 Å². The molecule has 0 amide bonds. The van der Waals surface area contributed by atoms with Gasteiger partial charge in [0.15, 0.2) is 6.10 Å². The van der Waals surface area contributed by atoms with Crippen molar-refractivity contribution in [2.24, 2.45) is 0 Å². The number of hydrogen-bond donors (Lipinski definition) is 1. The van der Waals surface area contributed by atoms with Crippen molar-refractivity contribution in [2.75, 3.05) is 19.7 Å². The van der Waals surface area contributed by atoms with Crippen LogP contribution in [0.2, 0.25) is 0 Å². The molecular formula is C12H21NO4. The summed E-state index contributed by atoms with van der Waals surface area (Å²) < 4.78 is 10.9. The van der Waals surface area contributed by atoms with Crippen molar-refractivity contribution in [3.63, 3.8) is 0 Å². The van der Waals surface area contributed by atoms with E-state index in [1.165, 1.54) is 0 Å². The lowest BCUT2D eigenvalue weighted by Gasteiger charge is -2.42. The minimum absolute atomic E-state index is 0.259. The predicted molar refractivity (Wildman–Crippen MR) is 62.0 cm³/mol. The average molecular weight is 243 g/mol.